The number of carbonyl (C=O) groups is 4. The maximum Gasteiger partial charge on any atom is 0.321 e. The number of nitrogens with one attached hydrogen (secondary N) is 2. The topological polar surface area (TPSA) is 114 Å². The van der Waals surface area contributed by atoms with Crippen molar-refractivity contribution >= 4 is 29.5 Å². The predicted octanol–water partition coefficient (Wildman–Crippen LogP) is 0.970. The van der Waals surface area contributed by atoms with Crippen molar-refractivity contribution < 1.29 is 28.7 Å². The first-order valence-corrected chi connectivity index (χ1v) is 8.68. The van der Waals surface area contributed by atoms with Crippen LogP contribution in [0.25, 0.3) is 0 Å². The highest BCUT2D eigenvalue weighted by atomic mass is 16.5. The second-order valence-electron chi connectivity index (χ2n) is 6.04. The molecule has 1 aromatic carbocycles. The standard InChI is InChI=1S/C18H23N3O6/c1-3-12(2)19-18(25)20-15(22)10-27-17(24)8-9-21-13-6-4-5-7-14(13)26-11-16(21)23/h4-7,12H,3,8-11H2,1-2H3,(H2,19,20,22,25)/t12-/m0/s1. The fraction of sp³-hybridized carbons (Fsp3) is 0.444. The molecule has 2 N–H and O–H groups in total. The average Bonchev–Trinajstić information content (AvgIpc) is 2.65. The number of para-hydroxylation sites is 2. The van der Waals surface area contributed by atoms with Crippen LogP contribution in [0.15, 0.2) is 24.3 Å². The summed E-state index contributed by atoms with van der Waals surface area (Å²) in [6.45, 7) is 3.13. The third-order valence-electron chi connectivity index (χ3n) is 3.95. The van der Waals surface area contributed by atoms with Crippen molar-refractivity contribution in [2.45, 2.75) is 32.7 Å². The van der Waals surface area contributed by atoms with Crippen LogP contribution in [0.5, 0.6) is 5.75 Å². The number of benzene rings is 1. The van der Waals surface area contributed by atoms with E-state index in [4.69, 9.17) is 9.47 Å². The van der Waals surface area contributed by atoms with Crippen LogP contribution in [0.3, 0.4) is 0 Å². The number of fused-ring (bicyclic) bond motifs is 1. The monoisotopic (exact) mass is 377 g/mol. The highest BCUT2D eigenvalue weighted by Gasteiger charge is 2.25. The van der Waals surface area contributed by atoms with E-state index in [0.29, 0.717) is 11.4 Å². The first-order valence-electron chi connectivity index (χ1n) is 8.68. The molecule has 4 amide bonds. The maximum atomic E-state index is 12.0. The van der Waals surface area contributed by atoms with Gasteiger partial charge in [-0.15, -0.1) is 0 Å². The van der Waals surface area contributed by atoms with Gasteiger partial charge in [0.1, 0.15) is 5.75 Å². The zero-order valence-corrected chi connectivity index (χ0v) is 15.3. The minimum Gasteiger partial charge on any atom is -0.482 e. The van der Waals surface area contributed by atoms with Crippen LogP contribution >= 0.6 is 0 Å². The number of urea groups is 1. The fourth-order valence-corrected chi connectivity index (χ4v) is 2.35. The number of anilines is 1. The van der Waals surface area contributed by atoms with E-state index in [0.717, 1.165) is 6.42 Å². The van der Waals surface area contributed by atoms with Gasteiger partial charge in [0, 0.05) is 12.6 Å². The second-order valence-corrected chi connectivity index (χ2v) is 6.04. The number of ether oxygens (including phenoxy) is 2. The smallest absolute Gasteiger partial charge is 0.321 e. The van der Waals surface area contributed by atoms with E-state index in [2.05, 4.69) is 10.6 Å². The molecule has 0 spiro atoms. The van der Waals surface area contributed by atoms with Gasteiger partial charge in [-0.1, -0.05) is 19.1 Å². The van der Waals surface area contributed by atoms with Crippen molar-refractivity contribution in [3.8, 4) is 5.75 Å². The van der Waals surface area contributed by atoms with Crippen LogP contribution in [-0.2, 0) is 19.1 Å². The number of rotatable bonds is 7. The van der Waals surface area contributed by atoms with E-state index in [1.807, 2.05) is 6.92 Å². The van der Waals surface area contributed by atoms with Crippen molar-refractivity contribution in [2.75, 3.05) is 24.7 Å². The Labute approximate surface area is 157 Å². The lowest BCUT2D eigenvalue weighted by atomic mass is 10.2. The Hall–Kier alpha value is -3.10. The Balaban J connectivity index is 1.76. The third kappa shape index (κ3) is 5.98. The van der Waals surface area contributed by atoms with E-state index in [9.17, 15) is 19.2 Å². The largest absolute Gasteiger partial charge is 0.482 e. The van der Waals surface area contributed by atoms with E-state index in [1.165, 1.54) is 4.90 Å². The van der Waals surface area contributed by atoms with Crippen LogP contribution in [0, 0.1) is 0 Å². The van der Waals surface area contributed by atoms with E-state index in [1.54, 1.807) is 31.2 Å². The summed E-state index contributed by atoms with van der Waals surface area (Å²) >= 11 is 0. The fourth-order valence-electron chi connectivity index (χ4n) is 2.35. The molecule has 2 rings (SSSR count). The number of hydrogen-bond donors (Lipinski definition) is 2. The van der Waals surface area contributed by atoms with Crippen LogP contribution in [0.4, 0.5) is 10.5 Å². The summed E-state index contributed by atoms with van der Waals surface area (Å²) in [5, 5.41) is 4.64. The van der Waals surface area contributed by atoms with Gasteiger partial charge in [-0.3, -0.25) is 19.7 Å². The minimum absolute atomic E-state index is 0.0747. The number of imide groups is 1. The van der Waals surface area contributed by atoms with Gasteiger partial charge in [0.2, 0.25) is 0 Å². The Morgan fingerprint density at radius 2 is 2.04 bits per heavy atom. The van der Waals surface area contributed by atoms with E-state index < -0.39 is 24.5 Å². The average molecular weight is 377 g/mol. The molecule has 0 bridgehead atoms. The zero-order chi connectivity index (χ0) is 19.8. The van der Waals surface area contributed by atoms with Gasteiger partial charge in [-0.05, 0) is 25.5 Å². The molecule has 9 heteroatoms. The molecule has 0 radical (unpaired) electrons. The Bertz CT molecular complexity index is 721. The molecule has 0 saturated carbocycles. The van der Waals surface area contributed by atoms with Crippen molar-refractivity contribution in [3.63, 3.8) is 0 Å². The summed E-state index contributed by atoms with van der Waals surface area (Å²) in [5.74, 6) is -1.07. The molecule has 0 aliphatic carbocycles. The first-order chi connectivity index (χ1) is 12.9. The molecule has 27 heavy (non-hydrogen) atoms. The van der Waals surface area contributed by atoms with Crippen LogP contribution in [0.1, 0.15) is 26.7 Å². The summed E-state index contributed by atoms with van der Waals surface area (Å²) in [6, 6.07) is 6.30. The summed E-state index contributed by atoms with van der Waals surface area (Å²) in [6.07, 6.45) is 0.631. The lowest BCUT2D eigenvalue weighted by Crippen LogP contribution is -2.44. The summed E-state index contributed by atoms with van der Waals surface area (Å²) in [4.78, 5) is 48.4. The molecule has 1 atom stereocenters. The summed E-state index contributed by atoms with van der Waals surface area (Å²) in [7, 11) is 0. The predicted molar refractivity (Wildman–Crippen MR) is 96.3 cm³/mol. The molecule has 1 aliphatic rings. The minimum atomic E-state index is -0.725. The zero-order valence-electron chi connectivity index (χ0n) is 15.3. The molecule has 0 unspecified atom stereocenters. The lowest BCUT2D eigenvalue weighted by Gasteiger charge is -2.28. The van der Waals surface area contributed by atoms with Gasteiger partial charge in [0.05, 0.1) is 12.1 Å². The molecular weight excluding hydrogens is 354 g/mol. The van der Waals surface area contributed by atoms with Crippen molar-refractivity contribution in [1.82, 2.24) is 10.6 Å². The molecule has 0 saturated heterocycles. The Morgan fingerprint density at radius 1 is 1.30 bits per heavy atom. The highest BCUT2D eigenvalue weighted by Crippen LogP contribution is 2.31. The summed E-state index contributed by atoms with van der Waals surface area (Å²) in [5.41, 5.74) is 0.584. The molecule has 0 aromatic heterocycles. The van der Waals surface area contributed by atoms with E-state index in [-0.39, 0.29) is 31.5 Å². The molecule has 0 fully saturated rings. The summed E-state index contributed by atoms with van der Waals surface area (Å²) < 4.78 is 10.2. The van der Waals surface area contributed by atoms with Gasteiger partial charge in [-0.2, -0.15) is 0 Å². The number of amides is 4. The number of hydrogen-bond acceptors (Lipinski definition) is 6. The molecule has 1 aromatic rings. The third-order valence-corrected chi connectivity index (χ3v) is 3.95. The molecule has 1 aliphatic heterocycles. The number of carbonyl (C=O) groups excluding carboxylic acids is 4. The second kappa shape index (κ2) is 9.56. The van der Waals surface area contributed by atoms with Crippen LogP contribution < -0.4 is 20.3 Å². The SMILES string of the molecule is CC[C@H](C)NC(=O)NC(=O)COC(=O)CCN1C(=O)COc2ccccc21. The normalized spacial score (nSPS) is 13.9. The molecule has 146 valence electrons. The van der Waals surface area contributed by atoms with Gasteiger partial charge >= 0.3 is 12.0 Å². The Kier molecular flexibility index (Phi) is 7.16. The highest BCUT2D eigenvalue weighted by molar-refractivity contribution is 5.98. The van der Waals surface area contributed by atoms with Crippen molar-refractivity contribution in [3.05, 3.63) is 24.3 Å². The van der Waals surface area contributed by atoms with Gasteiger partial charge < -0.3 is 19.7 Å². The van der Waals surface area contributed by atoms with Gasteiger partial charge in [0.25, 0.3) is 11.8 Å². The van der Waals surface area contributed by atoms with Gasteiger partial charge in [0.15, 0.2) is 13.2 Å². The Morgan fingerprint density at radius 3 is 2.78 bits per heavy atom. The molecule has 9 nitrogen and oxygen atoms in total. The number of esters is 1. The molecular formula is C18H23N3O6. The maximum absolute atomic E-state index is 12.0. The lowest BCUT2D eigenvalue weighted by molar-refractivity contribution is -0.148. The quantitative estimate of drug-likeness (QED) is 0.685. The van der Waals surface area contributed by atoms with E-state index >= 15 is 0 Å². The van der Waals surface area contributed by atoms with Gasteiger partial charge in [-0.25, -0.2) is 4.79 Å². The van der Waals surface area contributed by atoms with Crippen molar-refractivity contribution in [1.29, 1.82) is 0 Å². The molecule has 1 heterocycles. The van der Waals surface area contributed by atoms with Crippen LogP contribution in [0.2, 0.25) is 0 Å². The number of nitrogens with zero attached hydrogens (tertiary/aromatic N) is 1. The van der Waals surface area contributed by atoms with Crippen LogP contribution in [-0.4, -0.2) is 49.6 Å². The van der Waals surface area contributed by atoms with Crippen molar-refractivity contribution in [2.24, 2.45) is 0 Å². The first kappa shape index (κ1) is 20.2.